The van der Waals surface area contributed by atoms with Gasteiger partial charge in [-0.05, 0) is 38.3 Å². The summed E-state index contributed by atoms with van der Waals surface area (Å²) in [5, 5.41) is 6.50. The second-order valence-electron chi connectivity index (χ2n) is 5.52. The third-order valence-corrected chi connectivity index (χ3v) is 3.97. The first-order chi connectivity index (χ1) is 8.25. The highest BCUT2D eigenvalue weighted by molar-refractivity contribution is 5.74. The molecule has 2 fully saturated rings. The largest absolute Gasteiger partial charge is 0.335 e. The number of amides is 2. The Morgan fingerprint density at radius 3 is 2.71 bits per heavy atom. The summed E-state index contributed by atoms with van der Waals surface area (Å²) in [6.45, 7) is 3.04. The molecule has 0 radical (unpaired) electrons. The van der Waals surface area contributed by atoms with E-state index in [0.717, 1.165) is 32.5 Å². The highest BCUT2D eigenvalue weighted by atomic mass is 16.2. The molecule has 2 rings (SSSR count). The van der Waals surface area contributed by atoms with Crippen molar-refractivity contribution in [1.29, 1.82) is 0 Å². The Balaban J connectivity index is 1.70. The summed E-state index contributed by atoms with van der Waals surface area (Å²) >= 11 is 0. The third-order valence-electron chi connectivity index (χ3n) is 3.97. The van der Waals surface area contributed by atoms with Crippen molar-refractivity contribution in [2.24, 2.45) is 5.92 Å². The van der Waals surface area contributed by atoms with Gasteiger partial charge in [-0.15, -0.1) is 0 Å². The molecule has 1 heterocycles. The van der Waals surface area contributed by atoms with Crippen LogP contribution in [0.4, 0.5) is 4.79 Å². The first kappa shape index (κ1) is 12.7. The first-order valence-corrected chi connectivity index (χ1v) is 6.98. The zero-order valence-electron chi connectivity index (χ0n) is 10.9. The monoisotopic (exact) mass is 239 g/mol. The standard InChI is InChI=1S/C13H25N3O/c1-16(10-11-7-8-14-9-11)13(17)15-12-5-3-2-4-6-12/h11-12,14H,2-10H2,1H3,(H,15,17). The molecule has 2 aliphatic rings. The van der Waals surface area contributed by atoms with Gasteiger partial charge in [0.15, 0.2) is 0 Å². The second-order valence-corrected chi connectivity index (χ2v) is 5.52. The molecule has 2 N–H and O–H groups in total. The van der Waals surface area contributed by atoms with E-state index < -0.39 is 0 Å². The van der Waals surface area contributed by atoms with Gasteiger partial charge < -0.3 is 15.5 Å². The lowest BCUT2D eigenvalue weighted by Crippen LogP contribution is -2.45. The maximum Gasteiger partial charge on any atom is 0.317 e. The van der Waals surface area contributed by atoms with Gasteiger partial charge in [-0.3, -0.25) is 0 Å². The molecule has 17 heavy (non-hydrogen) atoms. The van der Waals surface area contributed by atoms with Crippen LogP contribution in [0.3, 0.4) is 0 Å². The van der Waals surface area contributed by atoms with Gasteiger partial charge in [0, 0.05) is 19.6 Å². The van der Waals surface area contributed by atoms with Crippen LogP contribution in [0, 0.1) is 5.92 Å². The van der Waals surface area contributed by atoms with Gasteiger partial charge in [-0.25, -0.2) is 4.79 Å². The van der Waals surface area contributed by atoms with Gasteiger partial charge in [0.05, 0.1) is 0 Å². The molecule has 4 nitrogen and oxygen atoms in total. The fourth-order valence-corrected chi connectivity index (χ4v) is 2.87. The molecule has 98 valence electrons. The minimum absolute atomic E-state index is 0.115. The van der Waals surface area contributed by atoms with Crippen molar-refractivity contribution >= 4 is 6.03 Å². The molecule has 4 heteroatoms. The lowest BCUT2D eigenvalue weighted by Gasteiger charge is -2.27. The van der Waals surface area contributed by atoms with Crippen LogP contribution < -0.4 is 10.6 Å². The van der Waals surface area contributed by atoms with E-state index in [2.05, 4.69) is 10.6 Å². The Kier molecular flexibility index (Phi) is 4.66. The van der Waals surface area contributed by atoms with Crippen molar-refractivity contribution in [3.05, 3.63) is 0 Å². The second kappa shape index (κ2) is 6.24. The number of rotatable bonds is 3. The van der Waals surface area contributed by atoms with Gasteiger partial charge in [0.1, 0.15) is 0 Å². The maximum atomic E-state index is 12.0. The van der Waals surface area contributed by atoms with Crippen molar-refractivity contribution in [2.45, 2.75) is 44.6 Å². The van der Waals surface area contributed by atoms with E-state index in [0.29, 0.717) is 12.0 Å². The average Bonchev–Trinajstić information content (AvgIpc) is 2.83. The Labute approximate surface area is 104 Å². The molecular weight excluding hydrogens is 214 g/mol. The van der Waals surface area contributed by atoms with Crippen LogP contribution in [0.25, 0.3) is 0 Å². The van der Waals surface area contributed by atoms with Crippen molar-refractivity contribution < 1.29 is 4.79 Å². The normalized spacial score (nSPS) is 25.8. The van der Waals surface area contributed by atoms with Gasteiger partial charge >= 0.3 is 6.03 Å². The van der Waals surface area contributed by atoms with E-state index in [1.165, 1.54) is 25.7 Å². The van der Waals surface area contributed by atoms with E-state index >= 15 is 0 Å². The van der Waals surface area contributed by atoms with E-state index in [1.807, 2.05) is 11.9 Å². The number of carbonyl (C=O) groups excluding carboxylic acids is 1. The van der Waals surface area contributed by atoms with Crippen molar-refractivity contribution in [3.8, 4) is 0 Å². The van der Waals surface area contributed by atoms with E-state index in [1.54, 1.807) is 0 Å². The Morgan fingerprint density at radius 2 is 2.06 bits per heavy atom. The van der Waals surface area contributed by atoms with Crippen LogP contribution >= 0.6 is 0 Å². The Morgan fingerprint density at radius 1 is 1.29 bits per heavy atom. The van der Waals surface area contributed by atoms with E-state index in [4.69, 9.17) is 0 Å². The summed E-state index contributed by atoms with van der Waals surface area (Å²) in [6, 6.07) is 0.532. The molecule has 1 atom stereocenters. The number of hydrogen-bond acceptors (Lipinski definition) is 2. The average molecular weight is 239 g/mol. The number of hydrogen-bond donors (Lipinski definition) is 2. The van der Waals surface area contributed by atoms with E-state index in [9.17, 15) is 4.79 Å². The van der Waals surface area contributed by atoms with Crippen molar-refractivity contribution in [3.63, 3.8) is 0 Å². The van der Waals surface area contributed by atoms with Crippen LogP contribution in [0.1, 0.15) is 38.5 Å². The smallest absolute Gasteiger partial charge is 0.317 e. The van der Waals surface area contributed by atoms with Crippen molar-refractivity contribution in [2.75, 3.05) is 26.7 Å². The zero-order valence-corrected chi connectivity index (χ0v) is 10.9. The SMILES string of the molecule is CN(CC1CCNC1)C(=O)NC1CCCCC1. The highest BCUT2D eigenvalue weighted by Crippen LogP contribution is 2.17. The molecule has 1 unspecified atom stereocenters. The molecule has 0 bridgehead atoms. The summed E-state index contributed by atoms with van der Waals surface area (Å²) in [4.78, 5) is 13.8. The number of urea groups is 1. The Hall–Kier alpha value is -0.770. The molecule has 0 aromatic rings. The molecular formula is C13H25N3O. The maximum absolute atomic E-state index is 12.0. The summed E-state index contributed by atoms with van der Waals surface area (Å²) < 4.78 is 0. The van der Waals surface area contributed by atoms with Crippen molar-refractivity contribution in [1.82, 2.24) is 15.5 Å². The molecule has 1 aliphatic heterocycles. The molecule has 0 aromatic heterocycles. The fourth-order valence-electron chi connectivity index (χ4n) is 2.87. The summed E-state index contributed by atoms with van der Waals surface area (Å²) in [6.07, 6.45) is 7.37. The van der Waals surface area contributed by atoms with E-state index in [-0.39, 0.29) is 6.03 Å². The van der Waals surface area contributed by atoms with Crippen LogP contribution in [0.5, 0.6) is 0 Å². The van der Waals surface area contributed by atoms with Crippen LogP contribution in [-0.2, 0) is 0 Å². The van der Waals surface area contributed by atoms with Crippen LogP contribution in [0.15, 0.2) is 0 Å². The lowest BCUT2D eigenvalue weighted by molar-refractivity contribution is 0.194. The van der Waals surface area contributed by atoms with Crippen LogP contribution in [0.2, 0.25) is 0 Å². The fraction of sp³-hybridized carbons (Fsp3) is 0.923. The molecule has 1 saturated heterocycles. The predicted molar refractivity (Wildman–Crippen MR) is 69.0 cm³/mol. The number of carbonyl (C=O) groups is 1. The predicted octanol–water partition coefficient (Wildman–Crippen LogP) is 1.57. The molecule has 1 saturated carbocycles. The van der Waals surface area contributed by atoms with Gasteiger partial charge in [-0.2, -0.15) is 0 Å². The lowest BCUT2D eigenvalue weighted by atomic mass is 9.96. The Bertz CT molecular complexity index is 245. The topological polar surface area (TPSA) is 44.4 Å². The third kappa shape index (κ3) is 3.87. The van der Waals surface area contributed by atoms with Gasteiger partial charge in [0.2, 0.25) is 0 Å². The van der Waals surface area contributed by atoms with Gasteiger partial charge in [0.25, 0.3) is 0 Å². The molecule has 0 aromatic carbocycles. The molecule has 2 amide bonds. The number of nitrogens with zero attached hydrogens (tertiary/aromatic N) is 1. The summed E-state index contributed by atoms with van der Waals surface area (Å²) in [5.74, 6) is 0.636. The number of nitrogens with one attached hydrogen (secondary N) is 2. The molecule has 1 aliphatic carbocycles. The van der Waals surface area contributed by atoms with Gasteiger partial charge in [-0.1, -0.05) is 19.3 Å². The van der Waals surface area contributed by atoms with Crippen LogP contribution in [-0.4, -0.2) is 43.7 Å². The minimum Gasteiger partial charge on any atom is -0.335 e. The molecule has 0 spiro atoms. The summed E-state index contributed by atoms with van der Waals surface area (Å²) in [5.41, 5.74) is 0. The first-order valence-electron chi connectivity index (χ1n) is 6.98. The minimum atomic E-state index is 0.115. The zero-order chi connectivity index (χ0) is 12.1. The highest BCUT2D eigenvalue weighted by Gasteiger charge is 2.21. The summed E-state index contributed by atoms with van der Waals surface area (Å²) in [7, 11) is 1.91. The quantitative estimate of drug-likeness (QED) is 0.785.